The molecule has 1 fully saturated rings. The summed E-state index contributed by atoms with van der Waals surface area (Å²) < 4.78 is 41.9. The van der Waals surface area contributed by atoms with Gasteiger partial charge in [0.25, 0.3) is 0 Å². The zero-order chi connectivity index (χ0) is 19.7. The zero-order valence-corrected chi connectivity index (χ0v) is 16.1. The summed E-state index contributed by atoms with van der Waals surface area (Å²) in [6.07, 6.45) is 2.07. The lowest BCUT2D eigenvalue weighted by atomic mass is 10.0. The summed E-state index contributed by atoms with van der Waals surface area (Å²) in [7, 11) is 0. The minimum absolute atomic E-state index is 0.0308. The third-order valence-electron chi connectivity index (χ3n) is 5.06. The van der Waals surface area contributed by atoms with Gasteiger partial charge in [0, 0.05) is 11.9 Å². The van der Waals surface area contributed by atoms with Crippen LogP contribution in [-0.4, -0.2) is 36.5 Å². The highest BCUT2D eigenvalue weighted by Gasteiger charge is 2.38. The number of aliphatic hydroxyl groups excluding tert-OH is 1. The average molecular weight is 410 g/mol. The molecule has 9 heteroatoms. The first-order valence-corrected chi connectivity index (χ1v) is 10.4. The van der Waals surface area contributed by atoms with Gasteiger partial charge in [0.05, 0.1) is 11.0 Å². The molecule has 1 N–H and O–H groups in total. The number of benzene rings is 1. The highest BCUT2D eigenvalue weighted by Crippen LogP contribution is 2.37. The summed E-state index contributed by atoms with van der Waals surface area (Å²) in [5.74, 6) is -1.03. The Kier molecular flexibility index (Phi) is 5.46. The molecule has 1 aliphatic carbocycles. The van der Waals surface area contributed by atoms with Crippen molar-refractivity contribution in [3.8, 4) is 0 Å². The van der Waals surface area contributed by atoms with Gasteiger partial charge in [0.15, 0.2) is 5.65 Å². The number of fused-ring (bicyclic) bond motifs is 3. The molecule has 0 atom stereocenters. The molecule has 4 rings (SSSR count). The van der Waals surface area contributed by atoms with Crippen LogP contribution in [0.25, 0.3) is 16.7 Å². The molecule has 0 unspecified atom stereocenters. The zero-order valence-electron chi connectivity index (χ0n) is 15.2. The second-order valence-corrected chi connectivity index (χ2v) is 8.41. The fraction of sp³-hybridized carbons (Fsp3) is 0.526. The lowest BCUT2D eigenvalue weighted by Gasteiger charge is -2.21. The van der Waals surface area contributed by atoms with Gasteiger partial charge < -0.3 is 5.11 Å². The topological polar surface area (TPSA) is 63.3 Å². The van der Waals surface area contributed by atoms with Crippen LogP contribution in [0.1, 0.15) is 49.9 Å². The van der Waals surface area contributed by atoms with E-state index in [1.807, 2.05) is 6.07 Å². The van der Waals surface area contributed by atoms with Gasteiger partial charge in [0.2, 0.25) is 5.82 Å². The van der Waals surface area contributed by atoms with Crippen molar-refractivity contribution >= 4 is 28.4 Å². The number of aliphatic hydroxyl groups is 1. The van der Waals surface area contributed by atoms with Crippen LogP contribution in [-0.2, 0) is 12.6 Å². The number of alkyl halides is 3. The van der Waals surface area contributed by atoms with Gasteiger partial charge >= 0.3 is 6.18 Å². The number of nitrogens with zero attached hydrogens (tertiary/aromatic N) is 4. The molecule has 0 aliphatic heterocycles. The molecule has 2 heterocycles. The average Bonchev–Trinajstić information content (AvgIpc) is 3.14. The molecule has 0 radical (unpaired) electrons. The van der Waals surface area contributed by atoms with Crippen molar-refractivity contribution in [3.05, 3.63) is 29.6 Å². The fourth-order valence-electron chi connectivity index (χ4n) is 3.70. The molecule has 2 aromatic heterocycles. The van der Waals surface area contributed by atoms with Crippen molar-refractivity contribution < 1.29 is 18.3 Å². The minimum atomic E-state index is -4.61. The van der Waals surface area contributed by atoms with Gasteiger partial charge in [-0.2, -0.15) is 13.2 Å². The summed E-state index contributed by atoms with van der Waals surface area (Å²) in [4.78, 5) is 4.64. The van der Waals surface area contributed by atoms with E-state index in [1.54, 1.807) is 12.1 Å². The van der Waals surface area contributed by atoms with Crippen LogP contribution in [0.5, 0.6) is 0 Å². The summed E-state index contributed by atoms with van der Waals surface area (Å²) in [5.41, 5.74) is 1.84. The van der Waals surface area contributed by atoms with Crippen LogP contribution in [0.4, 0.5) is 13.2 Å². The van der Waals surface area contributed by atoms with Crippen LogP contribution < -0.4 is 0 Å². The van der Waals surface area contributed by atoms with E-state index in [9.17, 15) is 13.2 Å². The second-order valence-electron chi connectivity index (χ2n) is 7.13. The first-order valence-electron chi connectivity index (χ1n) is 9.50. The van der Waals surface area contributed by atoms with E-state index in [4.69, 9.17) is 5.11 Å². The molecule has 5 nitrogen and oxygen atoms in total. The largest absolute Gasteiger partial charge is 0.452 e. The predicted molar refractivity (Wildman–Crippen MR) is 101 cm³/mol. The molecule has 0 amide bonds. The van der Waals surface area contributed by atoms with E-state index in [0.29, 0.717) is 34.2 Å². The molecule has 1 aliphatic rings. The van der Waals surface area contributed by atoms with Gasteiger partial charge in [-0.15, -0.1) is 10.2 Å². The lowest BCUT2D eigenvalue weighted by molar-refractivity contribution is -0.145. The smallest absolute Gasteiger partial charge is 0.396 e. The van der Waals surface area contributed by atoms with E-state index in [-0.39, 0.29) is 12.3 Å². The van der Waals surface area contributed by atoms with Crippen molar-refractivity contribution in [1.82, 2.24) is 19.6 Å². The molecular formula is C19H21F3N4OS. The number of thioether (sulfide) groups is 1. The summed E-state index contributed by atoms with van der Waals surface area (Å²) >= 11 is 1.52. The molecular weight excluding hydrogens is 389 g/mol. The van der Waals surface area contributed by atoms with E-state index in [0.717, 1.165) is 35.6 Å². The third-order valence-corrected chi connectivity index (χ3v) is 6.37. The first kappa shape index (κ1) is 19.4. The van der Waals surface area contributed by atoms with E-state index >= 15 is 0 Å². The summed E-state index contributed by atoms with van der Waals surface area (Å²) in [5, 5.41) is 17.2. The van der Waals surface area contributed by atoms with Crippen LogP contribution in [0.2, 0.25) is 0 Å². The Hall–Kier alpha value is -1.87. The van der Waals surface area contributed by atoms with Crippen molar-refractivity contribution in [3.63, 3.8) is 0 Å². The van der Waals surface area contributed by atoms with Gasteiger partial charge in [0.1, 0.15) is 5.03 Å². The molecule has 0 saturated heterocycles. The molecule has 3 aromatic rings. The van der Waals surface area contributed by atoms with E-state index in [2.05, 4.69) is 15.2 Å². The molecule has 1 saturated carbocycles. The molecule has 1 aromatic carbocycles. The predicted octanol–water partition coefficient (Wildman–Crippen LogP) is 4.65. The summed E-state index contributed by atoms with van der Waals surface area (Å²) in [6.45, 7) is 0.0308. The van der Waals surface area contributed by atoms with Gasteiger partial charge in [-0.3, -0.25) is 4.40 Å². The normalized spacial score (nSPS) is 16.3. The minimum Gasteiger partial charge on any atom is -0.396 e. The Bertz CT molecular complexity index is 983. The van der Waals surface area contributed by atoms with Crippen LogP contribution >= 0.6 is 11.8 Å². The van der Waals surface area contributed by atoms with Crippen molar-refractivity contribution in [1.29, 1.82) is 0 Å². The van der Waals surface area contributed by atoms with Crippen LogP contribution in [0.15, 0.2) is 23.2 Å². The second kappa shape index (κ2) is 7.87. The summed E-state index contributed by atoms with van der Waals surface area (Å²) in [6, 6.07) is 5.29. The lowest BCUT2D eigenvalue weighted by Crippen LogP contribution is -2.13. The number of aryl methyl sites for hydroxylation is 1. The maximum absolute atomic E-state index is 13.6. The Balaban J connectivity index is 1.87. The number of halogens is 3. The molecule has 0 bridgehead atoms. The van der Waals surface area contributed by atoms with Gasteiger partial charge in [-0.1, -0.05) is 37.1 Å². The number of rotatable bonds is 5. The maximum atomic E-state index is 13.6. The number of aromatic nitrogens is 4. The highest BCUT2D eigenvalue weighted by atomic mass is 32.2. The molecule has 28 heavy (non-hydrogen) atoms. The quantitative estimate of drug-likeness (QED) is 0.664. The monoisotopic (exact) mass is 410 g/mol. The standard InChI is InChI=1S/C19H21F3N4OS/c20-19(21,22)18-25-24-16-17(28-13-6-2-1-3-7-13)23-14-9-8-12(5-4-10-27)11-15(14)26(16)18/h8-9,11,13,27H,1-7,10H2. The molecule has 150 valence electrons. The van der Waals surface area contributed by atoms with Gasteiger partial charge in [-0.25, -0.2) is 4.98 Å². The maximum Gasteiger partial charge on any atom is 0.452 e. The van der Waals surface area contributed by atoms with Crippen LogP contribution in [0, 0.1) is 0 Å². The van der Waals surface area contributed by atoms with Crippen LogP contribution in [0.3, 0.4) is 0 Å². The van der Waals surface area contributed by atoms with Gasteiger partial charge in [-0.05, 0) is 43.4 Å². The Morgan fingerprint density at radius 2 is 1.93 bits per heavy atom. The van der Waals surface area contributed by atoms with Crippen molar-refractivity contribution in [2.24, 2.45) is 0 Å². The van der Waals surface area contributed by atoms with Crippen molar-refractivity contribution in [2.75, 3.05) is 6.61 Å². The highest BCUT2D eigenvalue weighted by molar-refractivity contribution is 8.00. The molecule has 0 spiro atoms. The Labute approximate surface area is 164 Å². The Morgan fingerprint density at radius 1 is 1.14 bits per heavy atom. The fourth-order valence-corrected chi connectivity index (χ4v) is 4.97. The van der Waals surface area contributed by atoms with E-state index < -0.39 is 12.0 Å². The third kappa shape index (κ3) is 3.82. The SMILES string of the molecule is OCCCc1ccc2nc(SC3CCCCC3)c3nnc(C(F)(F)F)n3c2c1. The number of hydrogen-bond acceptors (Lipinski definition) is 5. The Morgan fingerprint density at radius 3 is 2.64 bits per heavy atom. The first-order chi connectivity index (χ1) is 13.5. The van der Waals surface area contributed by atoms with Crippen molar-refractivity contribution in [2.45, 2.75) is 61.4 Å². The number of hydrogen-bond donors (Lipinski definition) is 1. The van der Waals surface area contributed by atoms with E-state index in [1.165, 1.54) is 18.2 Å².